The van der Waals surface area contributed by atoms with Crippen LogP contribution in [0.4, 0.5) is 0 Å². The molecule has 0 aromatic heterocycles. The molecular formula is C29H31N3O6S. The number of benzene rings is 3. The van der Waals surface area contributed by atoms with Gasteiger partial charge < -0.3 is 26.6 Å². The fourth-order valence-electron chi connectivity index (χ4n) is 4.12. The van der Waals surface area contributed by atoms with E-state index in [-0.39, 0.29) is 18.6 Å². The maximum absolute atomic E-state index is 13.0. The number of amides is 2. The number of hydrogen-bond donors (Lipinski definition) is 5. The van der Waals surface area contributed by atoms with Gasteiger partial charge in [-0.1, -0.05) is 91.0 Å². The highest BCUT2D eigenvalue weighted by atomic mass is 32.2. The van der Waals surface area contributed by atoms with Crippen molar-refractivity contribution in [2.45, 2.75) is 29.7 Å². The molecule has 0 unspecified atom stereocenters. The summed E-state index contributed by atoms with van der Waals surface area (Å²) in [6.07, 6.45) is -0.318. The number of nitrogens with one attached hydrogen (secondary N) is 2. The van der Waals surface area contributed by atoms with Crippen LogP contribution in [0.25, 0.3) is 0 Å². The highest BCUT2D eigenvalue weighted by Crippen LogP contribution is 2.48. The summed E-state index contributed by atoms with van der Waals surface area (Å²) in [6, 6.07) is 27.0. The second kappa shape index (κ2) is 14.1. The number of carbonyl (C=O) groups is 4. The Kier molecular flexibility index (Phi) is 10.7. The summed E-state index contributed by atoms with van der Waals surface area (Å²) >= 11 is 1.43. The summed E-state index contributed by atoms with van der Waals surface area (Å²) in [5.74, 6) is -3.59. The molecule has 2 amide bonds. The molecule has 204 valence electrons. The molecule has 2 atom stereocenters. The van der Waals surface area contributed by atoms with Gasteiger partial charge in [0.2, 0.25) is 11.8 Å². The molecule has 3 aromatic carbocycles. The van der Waals surface area contributed by atoms with Crippen molar-refractivity contribution in [1.29, 1.82) is 0 Å². The topological polar surface area (TPSA) is 159 Å². The summed E-state index contributed by atoms with van der Waals surface area (Å²) in [6.45, 7) is -0.610. The number of rotatable bonds is 14. The Bertz CT molecular complexity index is 1160. The number of carbonyl (C=O) groups excluding carboxylic acids is 2. The lowest BCUT2D eigenvalue weighted by Gasteiger charge is -2.36. The van der Waals surface area contributed by atoms with Crippen LogP contribution in [0.3, 0.4) is 0 Å². The van der Waals surface area contributed by atoms with E-state index in [2.05, 4.69) is 10.6 Å². The molecule has 10 heteroatoms. The first-order valence-electron chi connectivity index (χ1n) is 12.3. The smallest absolute Gasteiger partial charge is 0.322 e. The average molecular weight is 550 g/mol. The van der Waals surface area contributed by atoms with Gasteiger partial charge in [-0.25, -0.2) is 0 Å². The fourth-order valence-corrected chi connectivity index (χ4v) is 5.68. The van der Waals surface area contributed by atoms with Crippen molar-refractivity contribution < 1.29 is 29.4 Å². The highest BCUT2D eigenvalue weighted by Gasteiger charge is 2.38. The molecule has 0 aliphatic heterocycles. The number of thioether (sulfide) groups is 1. The molecule has 0 radical (unpaired) electrons. The molecular weight excluding hydrogens is 518 g/mol. The van der Waals surface area contributed by atoms with E-state index >= 15 is 0 Å². The van der Waals surface area contributed by atoms with E-state index < -0.39 is 47.1 Å². The van der Waals surface area contributed by atoms with Gasteiger partial charge in [0, 0.05) is 12.2 Å². The molecule has 0 bridgehead atoms. The molecule has 0 heterocycles. The van der Waals surface area contributed by atoms with Crippen molar-refractivity contribution in [1.82, 2.24) is 10.6 Å². The largest absolute Gasteiger partial charge is 0.480 e. The van der Waals surface area contributed by atoms with Crippen LogP contribution in [0, 0.1) is 0 Å². The van der Waals surface area contributed by atoms with E-state index in [1.807, 2.05) is 91.0 Å². The van der Waals surface area contributed by atoms with Crippen molar-refractivity contribution >= 4 is 35.5 Å². The Hall–Kier alpha value is -4.15. The fraction of sp³-hybridized carbons (Fsp3) is 0.241. The maximum Gasteiger partial charge on any atom is 0.322 e. The minimum atomic E-state index is -1.23. The van der Waals surface area contributed by atoms with Crippen LogP contribution in [0.1, 0.15) is 29.5 Å². The lowest BCUT2D eigenvalue weighted by molar-refractivity contribution is -0.139. The van der Waals surface area contributed by atoms with Crippen molar-refractivity contribution in [3.05, 3.63) is 108 Å². The summed E-state index contributed by atoms with van der Waals surface area (Å²) in [7, 11) is 0. The van der Waals surface area contributed by atoms with Gasteiger partial charge >= 0.3 is 11.9 Å². The van der Waals surface area contributed by atoms with Crippen LogP contribution >= 0.6 is 11.8 Å². The number of nitrogens with two attached hydrogens (primary N) is 1. The zero-order valence-corrected chi connectivity index (χ0v) is 22.0. The van der Waals surface area contributed by atoms with Gasteiger partial charge in [-0.3, -0.25) is 19.2 Å². The molecule has 3 aromatic rings. The standard InChI is InChI=1S/C29H31N3O6S/c30-23(28(37)38)16-17-25(33)32-24(27(36)31-18-26(34)35)19-39-29(20-10-4-1-5-11-20,21-12-6-2-7-13-21)22-14-8-3-9-15-22/h1-15,23-24H,16-19,30H2,(H,31,36)(H,32,33)(H,34,35)(H,37,38)/t23-,24-/m1/s1. The van der Waals surface area contributed by atoms with Crippen LogP contribution in [0.15, 0.2) is 91.0 Å². The van der Waals surface area contributed by atoms with Gasteiger partial charge in [0.1, 0.15) is 18.6 Å². The molecule has 0 aliphatic rings. The highest BCUT2D eigenvalue weighted by molar-refractivity contribution is 8.00. The molecule has 0 fully saturated rings. The zero-order chi connectivity index (χ0) is 28.3. The molecule has 3 rings (SSSR count). The van der Waals surface area contributed by atoms with Gasteiger partial charge in [-0.15, -0.1) is 11.8 Å². The third-order valence-corrected chi connectivity index (χ3v) is 7.71. The first-order valence-corrected chi connectivity index (χ1v) is 13.3. The van der Waals surface area contributed by atoms with Crippen LogP contribution in [0.5, 0.6) is 0 Å². The second-order valence-electron chi connectivity index (χ2n) is 8.81. The van der Waals surface area contributed by atoms with Crippen molar-refractivity contribution in [2.75, 3.05) is 12.3 Å². The zero-order valence-electron chi connectivity index (χ0n) is 21.2. The van der Waals surface area contributed by atoms with Crippen molar-refractivity contribution in [3.8, 4) is 0 Å². The normalized spacial score (nSPS) is 12.6. The lowest BCUT2D eigenvalue weighted by Crippen LogP contribution is -2.50. The van der Waals surface area contributed by atoms with E-state index in [1.54, 1.807) is 0 Å². The quantitative estimate of drug-likeness (QED) is 0.192. The van der Waals surface area contributed by atoms with Crippen molar-refractivity contribution in [2.24, 2.45) is 5.73 Å². The summed E-state index contributed by atoms with van der Waals surface area (Å²) in [5, 5.41) is 23.0. The van der Waals surface area contributed by atoms with Gasteiger partial charge in [0.15, 0.2) is 0 Å². The number of hydrogen-bond acceptors (Lipinski definition) is 6. The Morgan fingerprint density at radius 1 is 0.795 bits per heavy atom. The predicted octanol–water partition coefficient (Wildman–Crippen LogP) is 2.59. The monoisotopic (exact) mass is 549 g/mol. The minimum absolute atomic E-state index is 0.0842. The van der Waals surface area contributed by atoms with E-state index in [1.165, 1.54) is 11.8 Å². The van der Waals surface area contributed by atoms with Crippen LogP contribution in [-0.4, -0.2) is 58.3 Å². The molecule has 0 saturated heterocycles. The molecule has 9 nitrogen and oxygen atoms in total. The lowest BCUT2D eigenvalue weighted by atomic mass is 9.84. The third-order valence-electron chi connectivity index (χ3n) is 6.07. The average Bonchev–Trinajstić information content (AvgIpc) is 2.95. The maximum atomic E-state index is 13.0. The van der Waals surface area contributed by atoms with Crippen LogP contribution in [-0.2, 0) is 23.9 Å². The summed E-state index contributed by atoms with van der Waals surface area (Å²) in [5.41, 5.74) is 8.38. The summed E-state index contributed by atoms with van der Waals surface area (Å²) in [4.78, 5) is 47.8. The Labute approximate surface area is 230 Å². The van der Waals surface area contributed by atoms with E-state index in [0.29, 0.717) is 0 Å². The van der Waals surface area contributed by atoms with Gasteiger partial charge in [-0.2, -0.15) is 0 Å². The van der Waals surface area contributed by atoms with Crippen LogP contribution in [0.2, 0.25) is 0 Å². The Morgan fingerprint density at radius 2 is 1.26 bits per heavy atom. The van der Waals surface area contributed by atoms with E-state index in [4.69, 9.17) is 15.9 Å². The number of carboxylic acids is 2. The first kappa shape index (κ1) is 29.4. The van der Waals surface area contributed by atoms with E-state index in [9.17, 15) is 19.2 Å². The first-order chi connectivity index (χ1) is 18.7. The van der Waals surface area contributed by atoms with Gasteiger partial charge in [0.05, 0.1) is 4.75 Å². The second-order valence-corrected chi connectivity index (χ2v) is 10.0. The molecule has 39 heavy (non-hydrogen) atoms. The van der Waals surface area contributed by atoms with E-state index in [0.717, 1.165) is 16.7 Å². The SMILES string of the molecule is N[C@H](CCC(=O)N[C@H](CSC(c1ccccc1)(c1ccccc1)c1ccccc1)C(=O)NCC(=O)O)C(=O)O. The molecule has 0 aliphatic carbocycles. The number of aliphatic carboxylic acids is 2. The number of carboxylic acid groups (broad SMARTS) is 2. The molecule has 0 saturated carbocycles. The third kappa shape index (κ3) is 7.92. The van der Waals surface area contributed by atoms with Gasteiger partial charge in [-0.05, 0) is 23.1 Å². The van der Waals surface area contributed by atoms with Crippen molar-refractivity contribution in [3.63, 3.8) is 0 Å². The summed E-state index contributed by atoms with van der Waals surface area (Å²) < 4.78 is -0.772. The molecule has 6 N–H and O–H groups in total. The molecule has 0 spiro atoms. The minimum Gasteiger partial charge on any atom is -0.480 e. The predicted molar refractivity (Wildman–Crippen MR) is 149 cm³/mol. The Morgan fingerprint density at radius 3 is 1.67 bits per heavy atom. The van der Waals surface area contributed by atoms with Crippen LogP contribution < -0.4 is 16.4 Å². The van der Waals surface area contributed by atoms with Gasteiger partial charge in [0.25, 0.3) is 0 Å². The Balaban J connectivity index is 1.98.